The molecule has 1 aromatic rings. The first-order valence-electron chi connectivity index (χ1n) is 6.82. The molecule has 0 radical (unpaired) electrons. The lowest BCUT2D eigenvalue weighted by Crippen LogP contribution is -2.31. The van der Waals surface area contributed by atoms with Gasteiger partial charge in [0.25, 0.3) is 0 Å². The van der Waals surface area contributed by atoms with Crippen molar-refractivity contribution in [3.8, 4) is 0 Å². The van der Waals surface area contributed by atoms with Crippen LogP contribution in [0.15, 0.2) is 18.2 Å². The molecule has 0 bridgehead atoms. The highest BCUT2D eigenvalue weighted by molar-refractivity contribution is 5.26. The van der Waals surface area contributed by atoms with E-state index in [1.807, 2.05) is 13.0 Å². The van der Waals surface area contributed by atoms with Gasteiger partial charge in [-0.05, 0) is 62.4 Å². The summed E-state index contributed by atoms with van der Waals surface area (Å²) in [7, 11) is 0. The third kappa shape index (κ3) is 4.07. The summed E-state index contributed by atoms with van der Waals surface area (Å²) in [6.45, 7) is 4.69. The maximum atomic E-state index is 13.0. The maximum Gasteiger partial charge on any atom is 0.123 e. The van der Waals surface area contributed by atoms with E-state index < -0.39 is 0 Å². The van der Waals surface area contributed by atoms with Crippen LogP contribution < -0.4 is 5.32 Å². The fraction of sp³-hybridized carbons (Fsp3) is 0.600. The summed E-state index contributed by atoms with van der Waals surface area (Å²) in [5.41, 5.74) is 2.27. The highest BCUT2D eigenvalue weighted by atomic mass is 19.1. The molecule has 1 aliphatic rings. The second-order valence-electron chi connectivity index (χ2n) is 5.02. The number of aryl methyl sites for hydroxylation is 1. The van der Waals surface area contributed by atoms with E-state index in [0.29, 0.717) is 6.04 Å². The zero-order chi connectivity index (χ0) is 12.8. The van der Waals surface area contributed by atoms with Gasteiger partial charge in [-0.25, -0.2) is 4.39 Å². The van der Waals surface area contributed by atoms with E-state index in [-0.39, 0.29) is 5.82 Å². The Morgan fingerprint density at radius 3 is 3.06 bits per heavy atom. The van der Waals surface area contributed by atoms with E-state index >= 15 is 0 Å². The standard InChI is InChI=1S/C15H22FNO/c1-12-11-14(16)5-4-13(12)6-8-17-15-3-2-9-18-10-7-15/h4-5,11,15,17H,2-3,6-10H2,1H3. The lowest BCUT2D eigenvalue weighted by atomic mass is 10.0. The molecule has 0 aliphatic carbocycles. The molecule has 18 heavy (non-hydrogen) atoms. The van der Waals surface area contributed by atoms with Gasteiger partial charge in [0, 0.05) is 19.3 Å². The monoisotopic (exact) mass is 251 g/mol. The van der Waals surface area contributed by atoms with Crippen LogP contribution in [0, 0.1) is 12.7 Å². The van der Waals surface area contributed by atoms with Crippen LogP contribution >= 0.6 is 0 Å². The second-order valence-corrected chi connectivity index (χ2v) is 5.02. The molecular weight excluding hydrogens is 229 g/mol. The number of halogens is 1. The Bertz CT molecular complexity index is 373. The second kappa shape index (κ2) is 6.86. The third-order valence-corrected chi connectivity index (χ3v) is 3.58. The fourth-order valence-corrected chi connectivity index (χ4v) is 2.46. The average molecular weight is 251 g/mol. The molecule has 0 spiro atoms. The number of rotatable bonds is 4. The zero-order valence-corrected chi connectivity index (χ0v) is 11.0. The van der Waals surface area contributed by atoms with Crippen LogP contribution in [0.25, 0.3) is 0 Å². The minimum atomic E-state index is -0.148. The summed E-state index contributed by atoms with van der Waals surface area (Å²) in [6.07, 6.45) is 4.40. The van der Waals surface area contributed by atoms with E-state index in [1.165, 1.54) is 12.0 Å². The number of ether oxygens (including phenoxy) is 1. The lowest BCUT2D eigenvalue weighted by Gasteiger charge is -2.16. The Morgan fingerprint density at radius 2 is 2.22 bits per heavy atom. The predicted molar refractivity (Wildman–Crippen MR) is 71.3 cm³/mol. The number of hydrogen-bond acceptors (Lipinski definition) is 2. The first-order chi connectivity index (χ1) is 8.75. The van der Waals surface area contributed by atoms with Crippen molar-refractivity contribution in [2.24, 2.45) is 0 Å². The molecule has 100 valence electrons. The summed E-state index contributed by atoms with van der Waals surface area (Å²) in [5, 5.41) is 3.58. The van der Waals surface area contributed by atoms with E-state index in [0.717, 1.165) is 44.6 Å². The molecule has 1 heterocycles. The van der Waals surface area contributed by atoms with Gasteiger partial charge in [-0.15, -0.1) is 0 Å². The molecule has 1 aromatic carbocycles. The first kappa shape index (κ1) is 13.5. The summed E-state index contributed by atoms with van der Waals surface area (Å²) in [6, 6.07) is 5.62. The quantitative estimate of drug-likeness (QED) is 0.888. The van der Waals surface area contributed by atoms with Crippen LogP contribution in [0.5, 0.6) is 0 Å². The number of hydrogen-bond donors (Lipinski definition) is 1. The average Bonchev–Trinajstić information content (AvgIpc) is 2.60. The van der Waals surface area contributed by atoms with Crippen molar-refractivity contribution in [3.05, 3.63) is 35.1 Å². The molecule has 1 unspecified atom stereocenters. The van der Waals surface area contributed by atoms with Gasteiger partial charge < -0.3 is 10.1 Å². The van der Waals surface area contributed by atoms with Gasteiger partial charge in [0.05, 0.1) is 0 Å². The van der Waals surface area contributed by atoms with E-state index in [4.69, 9.17) is 4.74 Å². The van der Waals surface area contributed by atoms with Crippen molar-refractivity contribution in [1.29, 1.82) is 0 Å². The Labute approximate surface area is 109 Å². The minimum absolute atomic E-state index is 0.148. The highest BCUT2D eigenvalue weighted by Gasteiger charge is 2.11. The van der Waals surface area contributed by atoms with Gasteiger partial charge in [0.2, 0.25) is 0 Å². The van der Waals surface area contributed by atoms with Gasteiger partial charge in [0.15, 0.2) is 0 Å². The molecule has 2 rings (SSSR count). The molecule has 0 amide bonds. The largest absolute Gasteiger partial charge is 0.381 e. The lowest BCUT2D eigenvalue weighted by molar-refractivity contribution is 0.142. The Kier molecular flexibility index (Phi) is 5.14. The maximum absolute atomic E-state index is 13.0. The van der Waals surface area contributed by atoms with Crippen molar-refractivity contribution < 1.29 is 9.13 Å². The molecule has 2 nitrogen and oxygen atoms in total. The summed E-state index contributed by atoms with van der Waals surface area (Å²) >= 11 is 0. The molecule has 1 N–H and O–H groups in total. The summed E-state index contributed by atoms with van der Waals surface area (Å²) < 4.78 is 18.4. The van der Waals surface area contributed by atoms with Gasteiger partial charge >= 0.3 is 0 Å². The SMILES string of the molecule is Cc1cc(F)ccc1CCNC1CCCOCC1. The van der Waals surface area contributed by atoms with E-state index in [9.17, 15) is 4.39 Å². The van der Waals surface area contributed by atoms with E-state index in [2.05, 4.69) is 5.32 Å². The van der Waals surface area contributed by atoms with Crippen LogP contribution in [0.4, 0.5) is 4.39 Å². The first-order valence-corrected chi connectivity index (χ1v) is 6.82. The Balaban J connectivity index is 1.77. The van der Waals surface area contributed by atoms with Gasteiger partial charge in [-0.1, -0.05) is 6.07 Å². The van der Waals surface area contributed by atoms with Crippen LogP contribution in [0.3, 0.4) is 0 Å². The summed E-state index contributed by atoms with van der Waals surface area (Å²) in [4.78, 5) is 0. The van der Waals surface area contributed by atoms with Crippen molar-refractivity contribution in [2.75, 3.05) is 19.8 Å². The van der Waals surface area contributed by atoms with Gasteiger partial charge in [-0.3, -0.25) is 0 Å². The van der Waals surface area contributed by atoms with Crippen LogP contribution in [0.1, 0.15) is 30.4 Å². The molecule has 3 heteroatoms. The number of nitrogens with one attached hydrogen (secondary N) is 1. The third-order valence-electron chi connectivity index (χ3n) is 3.58. The van der Waals surface area contributed by atoms with Gasteiger partial charge in [-0.2, -0.15) is 0 Å². The Hall–Kier alpha value is -0.930. The summed E-state index contributed by atoms with van der Waals surface area (Å²) in [5.74, 6) is -0.148. The Morgan fingerprint density at radius 1 is 1.33 bits per heavy atom. The topological polar surface area (TPSA) is 21.3 Å². The molecule has 0 aromatic heterocycles. The van der Waals surface area contributed by atoms with E-state index in [1.54, 1.807) is 12.1 Å². The van der Waals surface area contributed by atoms with Crippen molar-refractivity contribution >= 4 is 0 Å². The van der Waals surface area contributed by atoms with Crippen LogP contribution in [-0.2, 0) is 11.2 Å². The fourth-order valence-electron chi connectivity index (χ4n) is 2.46. The van der Waals surface area contributed by atoms with Crippen LogP contribution in [0.2, 0.25) is 0 Å². The zero-order valence-electron chi connectivity index (χ0n) is 11.0. The highest BCUT2D eigenvalue weighted by Crippen LogP contribution is 2.11. The molecule has 1 atom stereocenters. The van der Waals surface area contributed by atoms with Gasteiger partial charge in [0.1, 0.15) is 5.82 Å². The van der Waals surface area contributed by atoms with Crippen molar-refractivity contribution in [1.82, 2.24) is 5.32 Å². The normalized spacial score (nSPS) is 20.7. The predicted octanol–water partition coefficient (Wildman–Crippen LogP) is 2.84. The number of benzene rings is 1. The molecule has 0 saturated carbocycles. The molecule has 1 saturated heterocycles. The van der Waals surface area contributed by atoms with Crippen LogP contribution in [-0.4, -0.2) is 25.8 Å². The minimum Gasteiger partial charge on any atom is -0.381 e. The van der Waals surface area contributed by atoms with Crippen molar-refractivity contribution in [3.63, 3.8) is 0 Å². The molecular formula is C15H22FNO. The smallest absolute Gasteiger partial charge is 0.123 e. The molecule has 1 fully saturated rings. The molecule has 1 aliphatic heterocycles. The van der Waals surface area contributed by atoms with Crippen molar-refractivity contribution in [2.45, 2.75) is 38.6 Å².